The molecule has 0 saturated carbocycles. The Bertz CT molecular complexity index is 260. The molecule has 0 bridgehead atoms. The Hall–Kier alpha value is -0.370. The molecule has 2 heteroatoms. The lowest BCUT2D eigenvalue weighted by molar-refractivity contribution is -0.132. The minimum Gasteiger partial charge on any atom is -0.307 e. The van der Waals surface area contributed by atoms with Gasteiger partial charge in [-0.15, -0.1) is 0 Å². The van der Waals surface area contributed by atoms with Crippen LogP contribution in [0.5, 0.6) is 0 Å². The molecule has 1 fully saturated rings. The van der Waals surface area contributed by atoms with Crippen LogP contribution in [0.2, 0.25) is 0 Å². The summed E-state index contributed by atoms with van der Waals surface area (Å²) in [7, 11) is 0. The van der Waals surface area contributed by atoms with Gasteiger partial charge in [0.2, 0.25) is 0 Å². The fraction of sp³-hybridized carbons (Fsp3) is 0.941. The zero-order chi connectivity index (χ0) is 14.1. The molecule has 0 aromatic heterocycles. The van der Waals surface area contributed by atoms with Crippen LogP contribution in [0.25, 0.3) is 0 Å². The van der Waals surface area contributed by atoms with Crippen LogP contribution in [0.3, 0.4) is 0 Å². The topological polar surface area (TPSA) is 29.1 Å². The highest BCUT2D eigenvalue weighted by Crippen LogP contribution is 2.34. The predicted molar refractivity (Wildman–Crippen MR) is 82.4 cm³/mol. The summed E-state index contributed by atoms with van der Waals surface area (Å²) < 4.78 is 0. The van der Waals surface area contributed by atoms with Gasteiger partial charge in [0, 0.05) is 5.41 Å². The summed E-state index contributed by atoms with van der Waals surface area (Å²) in [5.41, 5.74) is -0.0685. The first-order chi connectivity index (χ1) is 9.14. The number of rotatable bonds is 11. The van der Waals surface area contributed by atoms with Gasteiger partial charge < -0.3 is 5.32 Å². The van der Waals surface area contributed by atoms with Crippen LogP contribution in [-0.2, 0) is 4.79 Å². The van der Waals surface area contributed by atoms with Gasteiger partial charge in [-0.05, 0) is 25.8 Å². The lowest BCUT2D eigenvalue weighted by atomic mass is 9.72. The average Bonchev–Trinajstić information content (AvgIpc) is 2.33. The summed E-state index contributed by atoms with van der Waals surface area (Å²) in [5.74, 6) is 0.492. The Morgan fingerprint density at radius 3 is 2.05 bits per heavy atom. The number of Topliss-reactive ketones (excluding diaryl/α,β-unsaturated/α-hetero) is 1. The minimum absolute atomic E-state index is 0.0685. The smallest absolute Gasteiger partial charge is 0.155 e. The van der Waals surface area contributed by atoms with E-state index in [9.17, 15) is 4.79 Å². The molecular weight excluding hydrogens is 234 g/mol. The quantitative estimate of drug-likeness (QED) is 0.559. The molecule has 0 aromatic carbocycles. The monoisotopic (exact) mass is 267 g/mol. The van der Waals surface area contributed by atoms with Gasteiger partial charge in [0.25, 0.3) is 0 Å². The lowest BCUT2D eigenvalue weighted by Gasteiger charge is -2.36. The van der Waals surface area contributed by atoms with Crippen molar-refractivity contribution in [3.05, 3.63) is 0 Å². The Morgan fingerprint density at radius 1 is 1.05 bits per heavy atom. The molecule has 0 radical (unpaired) electrons. The molecule has 1 rings (SSSR count). The molecule has 0 amide bonds. The van der Waals surface area contributed by atoms with Crippen LogP contribution in [0.4, 0.5) is 0 Å². The van der Waals surface area contributed by atoms with Gasteiger partial charge in [0.1, 0.15) is 0 Å². The number of nitrogens with one attached hydrogen (secondary N) is 1. The molecule has 0 spiro atoms. The Morgan fingerprint density at radius 2 is 1.58 bits per heavy atom. The zero-order valence-electron chi connectivity index (χ0n) is 13.3. The van der Waals surface area contributed by atoms with Crippen molar-refractivity contribution in [2.24, 2.45) is 5.41 Å². The number of carbonyl (C=O) groups excluding carboxylic acids is 1. The second-order valence-corrected chi connectivity index (χ2v) is 6.49. The van der Waals surface area contributed by atoms with Gasteiger partial charge in [-0.25, -0.2) is 0 Å². The van der Waals surface area contributed by atoms with Gasteiger partial charge in [-0.1, -0.05) is 65.7 Å². The first kappa shape index (κ1) is 16.7. The molecule has 2 nitrogen and oxygen atoms in total. The van der Waals surface area contributed by atoms with Gasteiger partial charge in [0.05, 0.1) is 6.04 Å². The van der Waals surface area contributed by atoms with Gasteiger partial charge >= 0.3 is 0 Å². The molecule has 1 saturated heterocycles. The normalized spacial score (nSPS) is 21.7. The summed E-state index contributed by atoms with van der Waals surface area (Å²) in [4.78, 5) is 12.6. The van der Waals surface area contributed by atoms with Gasteiger partial charge in [-0.2, -0.15) is 0 Å². The van der Waals surface area contributed by atoms with E-state index in [1.165, 1.54) is 44.9 Å². The largest absolute Gasteiger partial charge is 0.307 e. The summed E-state index contributed by atoms with van der Waals surface area (Å²) in [6.07, 6.45) is 12.0. The second kappa shape index (κ2) is 8.73. The minimum atomic E-state index is -0.0685. The van der Waals surface area contributed by atoms with E-state index < -0.39 is 0 Å². The summed E-state index contributed by atoms with van der Waals surface area (Å²) in [6.45, 7) is 7.71. The molecule has 112 valence electrons. The molecule has 1 aliphatic heterocycles. The van der Waals surface area contributed by atoms with Gasteiger partial charge in [-0.3, -0.25) is 4.79 Å². The van der Waals surface area contributed by atoms with E-state index >= 15 is 0 Å². The molecule has 19 heavy (non-hydrogen) atoms. The van der Waals surface area contributed by atoms with Crippen LogP contribution in [0.1, 0.15) is 85.0 Å². The molecule has 2 atom stereocenters. The SMILES string of the molecule is CCCCCCC(C)(CCCCC)C(=O)[C@@H]1CCN1. The third-order valence-electron chi connectivity index (χ3n) is 4.65. The molecule has 1 N–H and O–H groups in total. The summed E-state index contributed by atoms with van der Waals surface area (Å²) >= 11 is 0. The van der Waals surface area contributed by atoms with Crippen molar-refractivity contribution >= 4 is 5.78 Å². The second-order valence-electron chi connectivity index (χ2n) is 6.49. The van der Waals surface area contributed by atoms with Crippen molar-refractivity contribution in [3.63, 3.8) is 0 Å². The third kappa shape index (κ3) is 5.25. The van der Waals surface area contributed by atoms with Crippen LogP contribution in [0, 0.1) is 5.41 Å². The van der Waals surface area contributed by atoms with Crippen molar-refractivity contribution in [3.8, 4) is 0 Å². The van der Waals surface area contributed by atoms with E-state index in [4.69, 9.17) is 0 Å². The maximum atomic E-state index is 12.6. The molecule has 0 aromatic rings. The fourth-order valence-corrected chi connectivity index (χ4v) is 3.01. The van der Waals surface area contributed by atoms with E-state index in [0.29, 0.717) is 5.78 Å². The number of hydrogen-bond acceptors (Lipinski definition) is 2. The first-order valence-electron chi connectivity index (χ1n) is 8.41. The highest BCUT2D eigenvalue weighted by Gasteiger charge is 2.38. The molecule has 1 heterocycles. The first-order valence-corrected chi connectivity index (χ1v) is 8.41. The van der Waals surface area contributed by atoms with E-state index in [2.05, 4.69) is 26.1 Å². The predicted octanol–water partition coefficient (Wildman–Crippen LogP) is 4.47. The number of unbranched alkanes of at least 4 members (excludes halogenated alkanes) is 5. The van der Waals surface area contributed by atoms with Crippen molar-refractivity contribution < 1.29 is 4.79 Å². The number of carbonyl (C=O) groups is 1. The zero-order valence-corrected chi connectivity index (χ0v) is 13.3. The number of hydrogen-bond donors (Lipinski definition) is 1. The van der Waals surface area contributed by atoms with E-state index in [0.717, 1.165) is 25.8 Å². The van der Waals surface area contributed by atoms with E-state index in [1.54, 1.807) is 0 Å². The van der Waals surface area contributed by atoms with Crippen LogP contribution in [-0.4, -0.2) is 18.4 Å². The van der Waals surface area contributed by atoms with E-state index in [1.807, 2.05) is 0 Å². The highest BCUT2D eigenvalue weighted by molar-refractivity contribution is 5.90. The highest BCUT2D eigenvalue weighted by atomic mass is 16.1. The van der Waals surface area contributed by atoms with Crippen molar-refractivity contribution in [2.45, 2.75) is 91.0 Å². The van der Waals surface area contributed by atoms with Crippen molar-refractivity contribution in [2.75, 3.05) is 6.54 Å². The van der Waals surface area contributed by atoms with Crippen LogP contribution >= 0.6 is 0 Å². The van der Waals surface area contributed by atoms with E-state index in [-0.39, 0.29) is 11.5 Å². The standard InChI is InChI=1S/C17H33NO/c1-4-6-8-10-13-17(3,12-9-7-5-2)16(19)15-11-14-18-15/h15,18H,4-14H2,1-3H3/t15-,17?/m0/s1. The Kier molecular flexibility index (Phi) is 7.67. The summed E-state index contributed by atoms with van der Waals surface area (Å²) in [6, 6.07) is 0.165. The summed E-state index contributed by atoms with van der Waals surface area (Å²) in [5, 5.41) is 3.29. The third-order valence-corrected chi connectivity index (χ3v) is 4.65. The molecular formula is C17H33NO. The van der Waals surface area contributed by atoms with Crippen LogP contribution < -0.4 is 5.32 Å². The molecule has 1 aliphatic rings. The molecule has 1 unspecified atom stereocenters. The van der Waals surface area contributed by atoms with Crippen molar-refractivity contribution in [1.82, 2.24) is 5.32 Å². The maximum Gasteiger partial charge on any atom is 0.155 e. The maximum absolute atomic E-state index is 12.6. The number of ketones is 1. The van der Waals surface area contributed by atoms with Crippen LogP contribution in [0.15, 0.2) is 0 Å². The van der Waals surface area contributed by atoms with Crippen molar-refractivity contribution in [1.29, 1.82) is 0 Å². The Labute approximate surface area is 119 Å². The molecule has 0 aliphatic carbocycles. The Balaban J connectivity index is 2.46. The lowest BCUT2D eigenvalue weighted by Crippen LogP contribution is -2.53. The fourth-order valence-electron chi connectivity index (χ4n) is 3.01. The average molecular weight is 267 g/mol. The van der Waals surface area contributed by atoms with Gasteiger partial charge in [0.15, 0.2) is 5.78 Å².